The number of nitrogens with one attached hydrogen (secondary N) is 1. The van der Waals surface area contributed by atoms with Gasteiger partial charge in [-0.25, -0.2) is 15.8 Å². The molecule has 0 saturated carbocycles. The average Bonchev–Trinajstić information content (AvgIpc) is 2.21. The smallest absolute Gasteiger partial charge is 0.221 e. The lowest BCUT2D eigenvalue weighted by Crippen LogP contribution is -2.12. The summed E-state index contributed by atoms with van der Waals surface area (Å²) in [5.74, 6) is 6.33. The van der Waals surface area contributed by atoms with Crippen molar-refractivity contribution < 1.29 is 9.47 Å². The van der Waals surface area contributed by atoms with Crippen LogP contribution in [0.2, 0.25) is 0 Å². The maximum atomic E-state index is 5.35. The van der Waals surface area contributed by atoms with Crippen LogP contribution in [0.4, 0.5) is 5.82 Å². The molecule has 0 amide bonds. The molecule has 1 rings (SSSR count). The van der Waals surface area contributed by atoms with Crippen LogP contribution < -0.4 is 16.0 Å². The number of rotatable bonds is 5. The highest BCUT2D eigenvalue weighted by molar-refractivity contribution is 5.46. The SMILES string of the molecule is COCCOc1ncnc(NN)c1C. The number of aromatic nitrogens is 2. The summed E-state index contributed by atoms with van der Waals surface area (Å²) >= 11 is 0. The zero-order chi connectivity index (χ0) is 10.4. The quantitative estimate of drug-likeness (QED) is 0.396. The molecule has 0 aliphatic heterocycles. The van der Waals surface area contributed by atoms with Crippen LogP contribution in [0.3, 0.4) is 0 Å². The Hall–Kier alpha value is -1.40. The molecule has 0 atom stereocenters. The van der Waals surface area contributed by atoms with Gasteiger partial charge in [0.05, 0.1) is 12.2 Å². The number of anilines is 1. The number of ether oxygens (including phenoxy) is 2. The Bertz CT molecular complexity index is 293. The fourth-order valence-corrected chi connectivity index (χ4v) is 0.947. The van der Waals surface area contributed by atoms with Gasteiger partial charge in [-0.05, 0) is 6.92 Å². The first-order valence-electron chi connectivity index (χ1n) is 4.19. The second-order valence-corrected chi connectivity index (χ2v) is 2.64. The largest absolute Gasteiger partial charge is 0.475 e. The van der Waals surface area contributed by atoms with Gasteiger partial charge in [-0.3, -0.25) is 0 Å². The van der Waals surface area contributed by atoms with Crippen molar-refractivity contribution in [2.45, 2.75) is 6.92 Å². The third kappa shape index (κ3) is 2.54. The molecule has 0 aliphatic carbocycles. The Labute approximate surface area is 82.4 Å². The lowest BCUT2D eigenvalue weighted by molar-refractivity contribution is 0.143. The Morgan fingerprint density at radius 2 is 2.21 bits per heavy atom. The summed E-state index contributed by atoms with van der Waals surface area (Å²) in [7, 11) is 1.61. The summed E-state index contributed by atoms with van der Waals surface area (Å²) in [6, 6.07) is 0. The van der Waals surface area contributed by atoms with Crippen molar-refractivity contribution in [2.24, 2.45) is 5.84 Å². The molecule has 0 aromatic carbocycles. The summed E-state index contributed by atoms with van der Waals surface area (Å²) in [6.45, 7) is 2.81. The molecule has 0 unspecified atom stereocenters. The molecule has 1 heterocycles. The molecule has 78 valence electrons. The van der Waals surface area contributed by atoms with E-state index in [-0.39, 0.29) is 0 Å². The number of methoxy groups -OCH3 is 1. The minimum absolute atomic E-state index is 0.457. The summed E-state index contributed by atoms with van der Waals surface area (Å²) < 4.78 is 10.2. The van der Waals surface area contributed by atoms with E-state index in [4.69, 9.17) is 15.3 Å². The summed E-state index contributed by atoms with van der Waals surface area (Å²) in [5, 5.41) is 0. The van der Waals surface area contributed by atoms with Gasteiger partial charge in [0, 0.05) is 7.11 Å². The van der Waals surface area contributed by atoms with Crippen LogP contribution in [0.1, 0.15) is 5.56 Å². The van der Waals surface area contributed by atoms with Gasteiger partial charge in [-0.15, -0.1) is 0 Å². The lowest BCUT2D eigenvalue weighted by atomic mass is 10.3. The maximum absolute atomic E-state index is 5.35. The topological polar surface area (TPSA) is 82.3 Å². The molecule has 6 nitrogen and oxygen atoms in total. The van der Waals surface area contributed by atoms with E-state index in [1.54, 1.807) is 7.11 Å². The molecular formula is C8H14N4O2. The highest BCUT2D eigenvalue weighted by atomic mass is 16.5. The van der Waals surface area contributed by atoms with Gasteiger partial charge in [0.25, 0.3) is 0 Å². The predicted octanol–water partition coefficient (Wildman–Crippen LogP) is 0.0958. The first kappa shape index (κ1) is 10.7. The van der Waals surface area contributed by atoms with E-state index in [0.717, 1.165) is 5.56 Å². The van der Waals surface area contributed by atoms with Gasteiger partial charge < -0.3 is 14.9 Å². The second kappa shape index (κ2) is 5.36. The number of hydrogen-bond donors (Lipinski definition) is 2. The maximum Gasteiger partial charge on any atom is 0.221 e. The number of hydrazine groups is 1. The Balaban J connectivity index is 2.66. The summed E-state index contributed by atoms with van der Waals surface area (Å²) in [5.41, 5.74) is 3.25. The van der Waals surface area contributed by atoms with Crippen LogP contribution in [0.15, 0.2) is 6.33 Å². The molecule has 0 aliphatic rings. The van der Waals surface area contributed by atoms with Crippen molar-refractivity contribution in [3.8, 4) is 5.88 Å². The number of nitrogens with zero attached hydrogens (tertiary/aromatic N) is 2. The molecular weight excluding hydrogens is 184 g/mol. The standard InChI is InChI=1S/C8H14N4O2/c1-6-7(12-9)10-5-11-8(6)14-4-3-13-2/h5H,3-4,9H2,1-2H3,(H,10,11,12). The van der Waals surface area contributed by atoms with Gasteiger partial charge in [0.1, 0.15) is 18.8 Å². The van der Waals surface area contributed by atoms with Gasteiger partial charge in [0.15, 0.2) is 0 Å². The van der Waals surface area contributed by atoms with Crippen molar-refractivity contribution in [2.75, 3.05) is 25.7 Å². The zero-order valence-corrected chi connectivity index (χ0v) is 8.28. The molecule has 1 aromatic rings. The number of hydrogen-bond acceptors (Lipinski definition) is 6. The van der Waals surface area contributed by atoms with E-state index in [9.17, 15) is 0 Å². The fraction of sp³-hybridized carbons (Fsp3) is 0.500. The third-order valence-electron chi connectivity index (χ3n) is 1.70. The van der Waals surface area contributed by atoms with Gasteiger partial charge in [-0.2, -0.15) is 0 Å². The molecule has 3 N–H and O–H groups in total. The third-order valence-corrected chi connectivity index (χ3v) is 1.70. The van der Waals surface area contributed by atoms with E-state index in [1.807, 2.05) is 6.92 Å². The highest BCUT2D eigenvalue weighted by Crippen LogP contribution is 2.18. The van der Waals surface area contributed by atoms with Crippen molar-refractivity contribution in [1.29, 1.82) is 0 Å². The van der Waals surface area contributed by atoms with Crippen molar-refractivity contribution in [1.82, 2.24) is 9.97 Å². The minimum Gasteiger partial charge on any atom is -0.475 e. The highest BCUT2D eigenvalue weighted by Gasteiger charge is 2.06. The Morgan fingerprint density at radius 3 is 2.86 bits per heavy atom. The predicted molar refractivity (Wildman–Crippen MR) is 52.0 cm³/mol. The first-order chi connectivity index (χ1) is 6.79. The normalized spacial score (nSPS) is 9.93. The fourth-order valence-electron chi connectivity index (χ4n) is 0.947. The van der Waals surface area contributed by atoms with E-state index in [2.05, 4.69) is 15.4 Å². The minimum atomic E-state index is 0.457. The van der Waals surface area contributed by atoms with Gasteiger partial charge >= 0.3 is 0 Å². The second-order valence-electron chi connectivity index (χ2n) is 2.64. The molecule has 14 heavy (non-hydrogen) atoms. The molecule has 0 radical (unpaired) electrons. The molecule has 1 aromatic heterocycles. The van der Waals surface area contributed by atoms with Crippen LogP contribution in [0.5, 0.6) is 5.88 Å². The van der Waals surface area contributed by atoms with Crippen LogP contribution >= 0.6 is 0 Å². The van der Waals surface area contributed by atoms with Crippen LogP contribution in [0.25, 0.3) is 0 Å². The molecule has 0 saturated heterocycles. The first-order valence-corrected chi connectivity index (χ1v) is 4.19. The summed E-state index contributed by atoms with van der Waals surface area (Å²) in [6.07, 6.45) is 1.39. The van der Waals surface area contributed by atoms with Gasteiger partial charge in [-0.1, -0.05) is 0 Å². The lowest BCUT2D eigenvalue weighted by Gasteiger charge is -2.09. The number of nitrogen functional groups attached to an aromatic ring is 1. The molecule has 6 heteroatoms. The van der Waals surface area contributed by atoms with Crippen LogP contribution in [-0.2, 0) is 4.74 Å². The molecule has 0 bridgehead atoms. The Morgan fingerprint density at radius 1 is 1.43 bits per heavy atom. The van der Waals surface area contributed by atoms with E-state index in [1.165, 1.54) is 6.33 Å². The Kier molecular flexibility index (Phi) is 4.09. The summed E-state index contributed by atoms with van der Waals surface area (Å²) in [4.78, 5) is 7.90. The molecule has 0 fully saturated rings. The van der Waals surface area contributed by atoms with E-state index in [0.29, 0.717) is 24.9 Å². The van der Waals surface area contributed by atoms with Crippen molar-refractivity contribution >= 4 is 5.82 Å². The van der Waals surface area contributed by atoms with Crippen molar-refractivity contribution in [3.63, 3.8) is 0 Å². The monoisotopic (exact) mass is 198 g/mol. The van der Waals surface area contributed by atoms with Crippen LogP contribution in [-0.4, -0.2) is 30.3 Å². The van der Waals surface area contributed by atoms with Crippen molar-refractivity contribution in [3.05, 3.63) is 11.9 Å². The van der Waals surface area contributed by atoms with Gasteiger partial charge in [0.2, 0.25) is 5.88 Å². The molecule has 0 spiro atoms. The van der Waals surface area contributed by atoms with E-state index >= 15 is 0 Å². The van der Waals surface area contributed by atoms with E-state index < -0.39 is 0 Å². The van der Waals surface area contributed by atoms with Crippen LogP contribution in [0, 0.1) is 6.92 Å². The number of nitrogens with two attached hydrogens (primary N) is 1. The average molecular weight is 198 g/mol. The zero-order valence-electron chi connectivity index (χ0n) is 8.28.